The molecule has 0 nitrogen and oxygen atoms in total. The predicted molar refractivity (Wildman–Crippen MR) is 63.8 cm³/mol. The van der Waals surface area contributed by atoms with E-state index in [1.165, 1.54) is 21.2 Å². The molecule has 4 heteroatoms. The molecular formula is C6H10P4. The monoisotopic (exact) mass is 206 g/mol. The van der Waals surface area contributed by atoms with Crippen LogP contribution in [0.25, 0.3) is 0 Å². The zero-order valence-corrected chi connectivity index (χ0v) is 10.1. The summed E-state index contributed by atoms with van der Waals surface area (Å²) in [5, 5.41) is 4.98. The summed E-state index contributed by atoms with van der Waals surface area (Å²) < 4.78 is 0. The quantitative estimate of drug-likeness (QED) is 0.511. The van der Waals surface area contributed by atoms with Crippen molar-refractivity contribution in [3.8, 4) is 0 Å². The largest absolute Gasteiger partial charge is 0.105 e. The minimum Gasteiger partial charge on any atom is -0.105 e. The topological polar surface area (TPSA) is 0 Å². The van der Waals surface area contributed by atoms with Crippen molar-refractivity contribution in [2.24, 2.45) is 0 Å². The Labute approximate surface area is 70.8 Å². The fourth-order valence-electron chi connectivity index (χ4n) is 0.670. The molecule has 0 aliphatic carbocycles. The highest BCUT2D eigenvalue weighted by Gasteiger charge is 1.98. The molecule has 0 spiro atoms. The van der Waals surface area contributed by atoms with Crippen molar-refractivity contribution < 1.29 is 0 Å². The molecule has 0 heterocycles. The van der Waals surface area contributed by atoms with E-state index in [4.69, 9.17) is 0 Å². The van der Waals surface area contributed by atoms with Gasteiger partial charge in [-0.3, -0.25) is 0 Å². The van der Waals surface area contributed by atoms with Crippen LogP contribution in [0.2, 0.25) is 0 Å². The normalized spacial score (nSPS) is 10.0. The van der Waals surface area contributed by atoms with Gasteiger partial charge >= 0.3 is 0 Å². The maximum Gasteiger partial charge on any atom is -0.0154 e. The number of hydrogen-bond acceptors (Lipinski definition) is 0. The first-order chi connectivity index (χ1) is 4.63. The Morgan fingerprint density at radius 2 is 1.00 bits per heavy atom. The molecule has 4 atom stereocenters. The second-order valence-corrected chi connectivity index (χ2v) is 4.47. The number of hydrogen-bond donors (Lipinski definition) is 0. The van der Waals surface area contributed by atoms with Gasteiger partial charge in [0.1, 0.15) is 0 Å². The van der Waals surface area contributed by atoms with E-state index in [1.807, 2.05) is 0 Å². The first kappa shape index (κ1) is 9.03. The van der Waals surface area contributed by atoms with Crippen molar-refractivity contribution in [3.63, 3.8) is 0 Å². The van der Waals surface area contributed by atoms with Crippen LogP contribution in [-0.2, 0) is 0 Å². The predicted octanol–water partition coefficient (Wildman–Crippen LogP) is -0.312. The molecule has 1 aromatic carbocycles. The van der Waals surface area contributed by atoms with Crippen LogP contribution < -0.4 is 21.2 Å². The maximum atomic E-state index is 2.72. The SMILES string of the molecule is Pc1ccc(P)c(P)c1P. The van der Waals surface area contributed by atoms with Crippen molar-refractivity contribution in [2.45, 2.75) is 0 Å². The lowest BCUT2D eigenvalue weighted by molar-refractivity contribution is 1.98. The van der Waals surface area contributed by atoms with Crippen molar-refractivity contribution in [1.29, 1.82) is 0 Å². The Balaban J connectivity index is 3.34. The van der Waals surface area contributed by atoms with Gasteiger partial charge in [-0.25, -0.2) is 0 Å². The highest BCUT2D eigenvalue weighted by molar-refractivity contribution is 7.43. The average Bonchev–Trinajstić information content (AvgIpc) is 1.93. The Kier molecular flexibility index (Phi) is 3.21. The molecule has 0 aliphatic heterocycles. The van der Waals surface area contributed by atoms with E-state index < -0.39 is 0 Å². The lowest BCUT2D eigenvalue weighted by Gasteiger charge is -2.05. The van der Waals surface area contributed by atoms with E-state index in [9.17, 15) is 0 Å². The summed E-state index contributed by atoms with van der Waals surface area (Å²) in [6, 6.07) is 4.17. The minimum atomic E-state index is 1.24. The summed E-state index contributed by atoms with van der Waals surface area (Å²) in [5.41, 5.74) is 0. The Hall–Kier alpha value is 0.940. The van der Waals surface area contributed by atoms with Gasteiger partial charge in [-0.1, -0.05) is 12.1 Å². The smallest absolute Gasteiger partial charge is 0.0154 e. The Morgan fingerprint density at radius 1 is 0.700 bits per heavy atom. The number of rotatable bonds is 0. The summed E-state index contributed by atoms with van der Waals surface area (Å²) >= 11 is 0. The van der Waals surface area contributed by atoms with Crippen molar-refractivity contribution in [2.75, 3.05) is 0 Å². The summed E-state index contributed by atoms with van der Waals surface area (Å²) in [6.07, 6.45) is 0. The van der Waals surface area contributed by atoms with E-state index in [0.717, 1.165) is 0 Å². The third-order valence-electron chi connectivity index (χ3n) is 1.35. The third kappa shape index (κ3) is 1.75. The molecule has 0 radical (unpaired) electrons. The van der Waals surface area contributed by atoms with Crippen LogP contribution in [0.3, 0.4) is 0 Å². The van der Waals surface area contributed by atoms with E-state index >= 15 is 0 Å². The Morgan fingerprint density at radius 3 is 1.30 bits per heavy atom. The van der Waals surface area contributed by atoms with Gasteiger partial charge in [-0.2, -0.15) is 0 Å². The van der Waals surface area contributed by atoms with Crippen molar-refractivity contribution in [1.82, 2.24) is 0 Å². The second kappa shape index (κ2) is 3.56. The molecule has 0 N–H and O–H groups in total. The zero-order chi connectivity index (χ0) is 7.72. The Bertz CT molecular complexity index is 229. The molecule has 1 aromatic rings. The van der Waals surface area contributed by atoms with E-state index in [1.54, 1.807) is 0 Å². The van der Waals surface area contributed by atoms with Crippen LogP contribution in [0.15, 0.2) is 12.1 Å². The van der Waals surface area contributed by atoms with Gasteiger partial charge in [-0.05, 0) is 21.2 Å². The van der Waals surface area contributed by atoms with Gasteiger partial charge in [0.15, 0.2) is 0 Å². The first-order valence-corrected chi connectivity index (χ1v) is 5.12. The lowest BCUT2D eigenvalue weighted by Crippen LogP contribution is -2.31. The fourth-order valence-corrected chi connectivity index (χ4v) is 2.03. The molecule has 54 valence electrons. The average molecular weight is 206 g/mol. The molecule has 0 aliphatic rings. The van der Waals surface area contributed by atoms with Gasteiger partial charge in [0.25, 0.3) is 0 Å². The van der Waals surface area contributed by atoms with Crippen LogP contribution in [0.1, 0.15) is 0 Å². The van der Waals surface area contributed by atoms with E-state index in [0.29, 0.717) is 0 Å². The van der Waals surface area contributed by atoms with Crippen LogP contribution in [-0.4, -0.2) is 0 Å². The first-order valence-electron chi connectivity index (χ1n) is 2.82. The van der Waals surface area contributed by atoms with Crippen molar-refractivity contribution in [3.05, 3.63) is 12.1 Å². The van der Waals surface area contributed by atoms with Crippen LogP contribution in [0, 0.1) is 0 Å². The molecule has 0 saturated heterocycles. The third-order valence-corrected chi connectivity index (χ3v) is 4.65. The van der Waals surface area contributed by atoms with Gasteiger partial charge in [0, 0.05) is 0 Å². The van der Waals surface area contributed by atoms with E-state index in [-0.39, 0.29) is 0 Å². The summed E-state index contributed by atoms with van der Waals surface area (Å²) in [5.74, 6) is 0. The van der Waals surface area contributed by atoms with Crippen LogP contribution in [0.4, 0.5) is 0 Å². The molecule has 0 aromatic heterocycles. The highest BCUT2D eigenvalue weighted by Crippen LogP contribution is 1.95. The molecule has 4 unspecified atom stereocenters. The van der Waals surface area contributed by atoms with Gasteiger partial charge < -0.3 is 0 Å². The maximum absolute atomic E-state index is 2.72. The minimum absolute atomic E-state index is 1.24. The highest BCUT2D eigenvalue weighted by atomic mass is 31.0. The molecule has 0 amide bonds. The fraction of sp³-hybridized carbons (Fsp3) is 0. The van der Waals surface area contributed by atoms with Crippen molar-refractivity contribution >= 4 is 58.2 Å². The zero-order valence-electron chi connectivity index (χ0n) is 5.46. The summed E-state index contributed by atoms with van der Waals surface area (Å²) in [4.78, 5) is 0. The van der Waals surface area contributed by atoms with Gasteiger partial charge in [0.2, 0.25) is 0 Å². The molecule has 10 heavy (non-hydrogen) atoms. The molecule has 0 fully saturated rings. The molecule has 1 rings (SSSR count). The second-order valence-electron chi connectivity index (χ2n) is 2.07. The summed E-state index contributed by atoms with van der Waals surface area (Å²) in [6.45, 7) is 0. The lowest BCUT2D eigenvalue weighted by atomic mass is 10.3. The van der Waals surface area contributed by atoms with Gasteiger partial charge in [0.05, 0.1) is 0 Å². The van der Waals surface area contributed by atoms with Gasteiger partial charge in [-0.15, -0.1) is 37.0 Å². The number of benzene rings is 1. The molecule has 0 saturated carbocycles. The van der Waals surface area contributed by atoms with E-state index in [2.05, 4.69) is 49.1 Å². The van der Waals surface area contributed by atoms with Crippen LogP contribution >= 0.6 is 37.0 Å². The standard InChI is InChI=1S/C6H10P4/c7-3-1-2-4(8)6(10)5(3)9/h1-2H,7-10H2. The summed E-state index contributed by atoms with van der Waals surface area (Å²) in [7, 11) is 10.8. The van der Waals surface area contributed by atoms with Crippen LogP contribution in [0.5, 0.6) is 0 Å². The molecular weight excluding hydrogens is 196 g/mol. The molecule has 0 bridgehead atoms.